The van der Waals surface area contributed by atoms with Gasteiger partial charge >= 0.3 is 0 Å². The average molecular weight is 352 g/mol. The second kappa shape index (κ2) is 5.57. The van der Waals surface area contributed by atoms with Crippen LogP contribution in [0.15, 0.2) is 42.5 Å². The van der Waals surface area contributed by atoms with Gasteiger partial charge in [0.25, 0.3) is 0 Å². The summed E-state index contributed by atoms with van der Waals surface area (Å²) < 4.78 is 16.0. The highest BCUT2D eigenvalue weighted by Gasteiger charge is 2.54. The quantitative estimate of drug-likeness (QED) is 0.607. The van der Waals surface area contributed by atoms with Gasteiger partial charge in [-0.05, 0) is 44.0 Å². The number of rotatable bonds is 1. The van der Waals surface area contributed by atoms with Crippen LogP contribution in [-0.4, -0.2) is 22.5 Å². The lowest BCUT2D eigenvalue weighted by Crippen LogP contribution is -2.57. The van der Waals surface area contributed by atoms with E-state index in [1.807, 2.05) is 45.9 Å². The topological polar surface area (TPSA) is 38.1 Å². The number of benzene rings is 2. The Kier molecular flexibility index (Phi) is 3.66. The molecule has 3 nitrogen and oxygen atoms in total. The number of nitrogens with zero attached hydrogens (tertiary/aromatic N) is 1. The number of hydrogen-bond donors (Lipinski definition) is 1. The minimum Gasteiger partial charge on any atom is -0.623 e. The maximum atomic E-state index is 14.9. The predicted molar refractivity (Wildman–Crippen MR) is 103 cm³/mol. The fourth-order valence-electron chi connectivity index (χ4n) is 4.36. The van der Waals surface area contributed by atoms with Crippen molar-refractivity contribution < 1.29 is 9.13 Å². The molecule has 0 saturated heterocycles. The first-order valence-electron chi connectivity index (χ1n) is 9.20. The second-order valence-corrected chi connectivity index (χ2v) is 8.47. The molecule has 1 atom stereocenters. The number of hydroxylamine groups is 1. The largest absolute Gasteiger partial charge is 0.623 e. The molecule has 0 aromatic heterocycles. The highest BCUT2D eigenvalue weighted by molar-refractivity contribution is 6.02. The SMILES string of the molecule is CC1(C)c2c(F)cccc2C(C2CNc3ccccc3C2)=[N+]([O-])C1(C)C. The van der Waals surface area contributed by atoms with E-state index < -0.39 is 11.0 Å². The van der Waals surface area contributed by atoms with E-state index in [0.717, 1.165) is 22.4 Å². The number of hydrogen-bond acceptors (Lipinski definition) is 2. The first-order chi connectivity index (χ1) is 12.2. The van der Waals surface area contributed by atoms with E-state index in [0.29, 0.717) is 17.8 Å². The van der Waals surface area contributed by atoms with Crippen LogP contribution in [0.5, 0.6) is 0 Å². The lowest BCUT2D eigenvalue weighted by Gasteiger charge is -2.46. The molecule has 0 spiro atoms. The summed E-state index contributed by atoms with van der Waals surface area (Å²) in [5.74, 6) is -0.214. The van der Waals surface area contributed by atoms with Crippen molar-refractivity contribution in [1.29, 1.82) is 0 Å². The van der Waals surface area contributed by atoms with Crippen molar-refractivity contribution in [2.45, 2.75) is 45.1 Å². The minimum absolute atomic E-state index is 0.0123. The molecular weight excluding hydrogens is 327 g/mol. The highest BCUT2D eigenvalue weighted by Crippen LogP contribution is 2.45. The van der Waals surface area contributed by atoms with E-state index in [2.05, 4.69) is 17.4 Å². The molecule has 4 rings (SSSR count). The van der Waals surface area contributed by atoms with Gasteiger partial charge in [-0.1, -0.05) is 24.3 Å². The zero-order valence-electron chi connectivity index (χ0n) is 15.8. The van der Waals surface area contributed by atoms with Gasteiger partial charge in [-0.3, -0.25) is 0 Å². The smallest absolute Gasteiger partial charge is 0.200 e. The van der Waals surface area contributed by atoms with E-state index in [9.17, 15) is 9.60 Å². The number of anilines is 1. The monoisotopic (exact) mass is 352 g/mol. The Morgan fingerprint density at radius 2 is 1.81 bits per heavy atom. The van der Waals surface area contributed by atoms with Crippen molar-refractivity contribution in [2.24, 2.45) is 5.92 Å². The molecule has 1 N–H and O–H groups in total. The van der Waals surface area contributed by atoms with Crippen LogP contribution < -0.4 is 5.32 Å². The van der Waals surface area contributed by atoms with Crippen molar-refractivity contribution in [2.75, 3.05) is 11.9 Å². The van der Waals surface area contributed by atoms with Gasteiger partial charge in [-0.2, -0.15) is 0 Å². The van der Waals surface area contributed by atoms with E-state index in [-0.39, 0.29) is 11.7 Å². The minimum atomic E-state index is -0.742. The van der Waals surface area contributed by atoms with Crippen LogP contribution in [-0.2, 0) is 11.8 Å². The maximum absolute atomic E-state index is 14.9. The van der Waals surface area contributed by atoms with Gasteiger partial charge in [0.1, 0.15) is 5.82 Å². The van der Waals surface area contributed by atoms with Crippen LogP contribution in [0, 0.1) is 16.9 Å². The van der Waals surface area contributed by atoms with E-state index in [1.165, 1.54) is 11.6 Å². The summed E-state index contributed by atoms with van der Waals surface area (Å²) in [4.78, 5) is 0. The standard InChI is InChI=1S/C22H25FN2O/c1-21(2)19-16(9-7-10-17(19)23)20(25(26)22(21,3)4)15-12-14-8-5-6-11-18(14)24-13-15/h5-11,15,24H,12-13H2,1-4H3. The molecule has 136 valence electrons. The number of para-hydroxylation sites is 1. The first kappa shape index (κ1) is 17.1. The van der Waals surface area contributed by atoms with Crippen molar-refractivity contribution in [1.82, 2.24) is 0 Å². The Balaban J connectivity index is 1.90. The molecule has 0 aliphatic carbocycles. The third-order valence-electron chi connectivity index (χ3n) is 6.58. The van der Waals surface area contributed by atoms with Gasteiger partial charge in [0.05, 0.1) is 11.3 Å². The zero-order chi connectivity index (χ0) is 18.7. The van der Waals surface area contributed by atoms with Gasteiger partial charge < -0.3 is 10.5 Å². The summed E-state index contributed by atoms with van der Waals surface area (Å²) in [6, 6.07) is 13.3. The molecule has 2 aliphatic rings. The molecule has 4 heteroatoms. The number of nitrogens with one attached hydrogen (secondary N) is 1. The molecule has 0 radical (unpaired) electrons. The molecular formula is C22H25FN2O. The van der Waals surface area contributed by atoms with E-state index in [4.69, 9.17) is 0 Å². The summed E-state index contributed by atoms with van der Waals surface area (Å²) in [6.07, 6.45) is 0.781. The van der Waals surface area contributed by atoms with E-state index >= 15 is 0 Å². The lowest BCUT2D eigenvalue weighted by atomic mass is 9.64. The Morgan fingerprint density at radius 1 is 1.08 bits per heavy atom. The average Bonchev–Trinajstić information content (AvgIpc) is 2.60. The molecule has 2 heterocycles. The molecule has 26 heavy (non-hydrogen) atoms. The molecule has 1 unspecified atom stereocenters. The fraction of sp³-hybridized carbons (Fsp3) is 0.409. The molecule has 0 saturated carbocycles. The molecule has 2 aromatic rings. The van der Waals surface area contributed by atoms with Gasteiger partial charge in [-0.25, -0.2) is 9.13 Å². The van der Waals surface area contributed by atoms with Crippen LogP contribution in [0.2, 0.25) is 0 Å². The predicted octanol–water partition coefficient (Wildman–Crippen LogP) is 4.48. The summed E-state index contributed by atoms with van der Waals surface area (Å²) in [5.41, 5.74) is 3.10. The number of fused-ring (bicyclic) bond motifs is 2. The molecule has 2 aromatic carbocycles. The third-order valence-corrected chi connectivity index (χ3v) is 6.58. The van der Waals surface area contributed by atoms with Crippen LogP contribution in [0.3, 0.4) is 0 Å². The van der Waals surface area contributed by atoms with E-state index in [1.54, 1.807) is 6.07 Å². The van der Waals surface area contributed by atoms with Crippen molar-refractivity contribution in [3.8, 4) is 0 Å². The molecule has 0 bridgehead atoms. The zero-order valence-corrected chi connectivity index (χ0v) is 15.8. The van der Waals surface area contributed by atoms with Crippen molar-refractivity contribution in [3.05, 3.63) is 70.2 Å². The third kappa shape index (κ3) is 2.21. The molecule has 0 fully saturated rings. The van der Waals surface area contributed by atoms with Crippen molar-refractivity contribution in [3.63, 3.8) is 0 Å². The first-order valence-corrected chi connectivity index (χ1v) is 9.20. The lowest BCUT2D eigenvalue weighted by molar-refractivity contribution is -0.558. The summed E-state index contributed by atoms with van der Waals surface area (Å²) in [5, 5.41) is 16.9. The summed E-state index contributed by atoms with van der Waals surface area (Å²) >= 11 is 0. The van der Waals surface area contributed by atoms with Gasteiger partial charge in [-0.15, -0.1) is 0 Å². The molecule has 0 amide bonds. The van der Waals surface area contributed by atoms with Crippen molar-refractivity contribution >= 4 is 11.4 Å². The molecule has 2 aliphatic heterocycles. The van der Waals surface area contributed by atoms with Crippen LogP contribution in [0.25, 0.3) is 0 Å². The Morgan fingerprint density at radius 3 is 2.58 bits per heavy atom. The Hall–Kier alpha value is -2.36. The fourth-order valence-corrected chi connectivity index (χ4v) is 4.36. The Labute approximate surface area is 154 Å². The highest BCUT2D eigenvalue weighted by atomic mass is 19.1. The summed E-state index contributed by atoms with van der Waals surface area (Å²) in [6.45, 7) is 8.44. The van der Waals surface area contributed by atoms with Crippen LogP contribution in [0.1, 0.15) is 44.4 Å². The number of halogens is 1. The van der Waals surface area contributed by atoms with Crippen LogP contribution in [0.4, 0.5) is 10.1 Å². The normalized spacial score (nSPS) is 23.0. The Bertz CT molecular complexity index is 914. The van der Waals surface area contributed by atoms with Gasteiger partial charge in [0, 0.05) is 37.2 Å². The summed E-state index contributed by atoms with van der Waals surface area (Å²) in [7, 11) is 0. The van der Waals surface area contributed by atoms with Crippen LogP contribution >= 0.6 is 0 Å². The second-order valence-electron chi connectivity index (χ2n) is 8.47. The maximum Gasteiger partial charge on any atom is 0.200 e. The van der Waals surface area contributed by atoms with Gasteiger partial charge in [0.2, 0.25) is 0 Å². The van der Waals surface area contributed by atoms with Gasteiger partial charge in [0.15, 0.2) is 11.3 Å².